The van der Waals surface area contributed by atoms with Crippen LogP contribution in [-0.2, 0) is 17.8 Å². The van der Waals surface area contributed by atoms with Crippen molar-refractivity contribution in [1.29, 1.82) is 0 Å². The van der Waals surface area contributed by atoms with E-state index in [1.807, 2.05) is 30.3 Å². The zero-order valence-corrected chi connectivity index (χ0v) is 14.7. The molecule has 0 heterocycles. The summed E-state index contributed by atoms with van der Waals surface area (Å²) in [7, 11) is 3.43. The number of rotatable bonds is 6. The van der Waals surface area contributed by atoms with Crippen molar-refractivity contribution in [2.24, 2.45) is 0 Å². The van der Waals surface area contributed by atoms with Gasteiger partial charge in [-0.1, -0.05) is 47.5 Å². The van der Waals surface area contributed by atoms with Gasteiger partial charge in [-0.25, -0.2) is 0 Å². The highest BCUT2D eigenvalue weighted by molar-refractivity contribution is 6.42. The summed E-state index contributed by atoms with van der Waals surface area (Å²) in [6.07, 6.45) is 1.05. The monoisotopic (exact) mass is 351 g/mol. The first-order valence-corrected chi connectivity index (χ1v) is 8.06. The highest BCUT2D eigenvalue weighted by Gasteiger charge is 2.12. The van der Waals surface area contributed by atoms with E-state index in [-0.39, 0.29) is 5.91 Å². The van der Waals surface area contributed by atoms with Crippen LogP contribution in [0.3, 0.4) is 0 Å². The van der Waals surface area contributed by atoms with Crippen LogP contribution in [0.25, 0.3) is 0 Å². The van der Waals surface area contributed by atoms with Gasteiger partial charge in [0.1, 0.15) is 5.75 Å². The zero-order chi connectivity index (χ0) is 16.8. The molecule has 0 spiro atoms. The summed E-state index contributed by atoms with van der Waals surface area (Å²) in [5.41, 5.74) is 1.99. The van der Waals surface area contributed by atoms with Crippen LogP contribution in [0.5, 0.6) is 5.75 Å². The van der Waals surface area contributed by atoms with E-state index in [1.165, 1.54) is 0 Å². The molecule has 122 valence electrons. The molecule has 0 N–H and O–H groups in total. The van der Waals surface area contributed by atoms with Crippen molar-refractivity contribution in [3.8, 4) is 5.75 Å². The van der Waals surface area contributed by atoms with Crippen molar-refractivity contribution in [3.05, 3.63) is 63.6 Å². The van der Waals surface area contributed by atoms with Crippen LogP contribution in [0.2, 0.25) is 10.0 Å². The van der Waals surface area contributed by atoms with E-state index in [0.29, 0.717) is 29.4 Å². The summed E-state index contributed by atoms with van der Waals surface area (Å²) < 4.78 is 5.31. The van der Waals surface area contributed by atoms with Crippen molar-refractivity contribution < 1.29 is 9.53 Å². The maximum atomic E-state index is 12.3. The molecule has 0 atom stereocenters. The number of hydrogen-bond acceptors (Lipinski definition) is 2. The Kier molecular flexibility index (Phi) is 6.31. The highest BCUT2D eigenvalue weighted by Crippen LogP contribution is 2.23. The fraction of sp³-hybridized carbons (Fsp3) is 0.278. The van der Waals surface area contributed by atoms with Crippen LogP contribution in [0.15, 0.2) is 42.5 Å². The van der Waals surface area contributed by atoms with Gasteiger partial charge in [-0.15, -0.1) is 0 Å². The van der Waals surface area contributed by atoms with Crippen LogP contribution in [0.4, 0.5) is 0 Å². The van der Waals surface area contributed by atoms with Crippen LogP contribution in [0.1, 0.15) is 17.5 Å². The number of benzene rings is 2. The number of nitrogens with zero attached hydrogens (tertiary/aromatic N) is 1. The molecule has 2 rings (SSSR count). The van der Waals surface area contributed by atoms with Gasteiger partial charge in [0.05, 0.1) is 17.2 Å². The number of amides is 1. The second-order valence-corrected chi connectivity index (χ2v) is 6.12. The molecule has 0 unspecified atom stereocenters. The first-order chi connectivity index (χ1) is 11.0. The molecule has 0 aliphatic carbocycles. The number of para-hydroxylation sites is 1. The lowest BCUT2D eigenvalue weighted by Gasteiger charge is -2.19. The normalized spacial score (nSPS) is 10.4. The molecule has 0 bridgehead atoms. The van der Waals surface area contributed by atoms with E-state index in [1.54, 1.807) is 31.2 Å². The Hall–Kier alpha value is -1.71. The van der Waals surface area contributed by atoms with Gasteiger partial charge >= 0.3 is 0 Å². The SMILES string of the molecule is COc1ccccc1CN(C)C(=O)CCc1ccc(Cl)c(Cl)c1. The number of ether oxygens (including phenoxy) is 1. The molecule has 5 heteroatoms. The third kappa shape index (κ3) is 4.88. The minimum absolute atomic E-state index is 0.0713. The summed E-state index contributed by atoms with van der Waals surface area (Å²) in [5.74, 6) is 0.860. The van der Waals surface area contributed by atoms with Crippen LogP contribution < -0.4 is 4.74 Å². The molecular formula is C18H19Cl2NO2. The first-order valence-electron chi connectivity index (χ1n) is 7.31. The molecule has 0 aromatic heterocycles. The molecule has 0 radical (unpaired) electrons. The largest absolute Gasteiger partial charge is 0.496 e. The average molecular weight is 352 g/mol. The third-order valence-corrected chi connectivity index (χ3v) is 4.38. The standard InChI is InChI=1S/C18H19Cl2NO2/c1-21(12-14-5-3-4-6-17(14)23-2)18(22)10-8-13-7-9-15(19)16(20)11-13/h3-7,9,11H,8,10,12H2,1-2H3. The number of carbonyl (C=O) groups is 1. The molecule has 0 saturated heterocycles. The number of aryl methyl sites for hydroxylation is 1. The van der Waals surface area contributed by atoms with Crippen molar-refractivity contribution >= 4 is 29.1 Å². The minimum atomic E-state index is 0.0713. The van der Waals surface area contributed by atoms with E-state index >= 15 is 0 Å². The maximum Gasteiger partial charge on any atom is 0.222 e. The second kappa shape index (κ2) is 8.23. The number of halogens is 2. The Labute approximate surface area is 146 Å². The first kappa shape index (κ1) is 17.6. The minimum Gasteiger partial charge on any atom is -0.496 e. The Bertz CT molecular complexity index is 688. The zero-order valence-electron chi connectivity index (χ0n) is 13.2. The van der Waals surface area contributed by atoms with E-state index < -0.39 is 0 Å². The van der Waals surface area contributed by atoms with E-state index in [2.05, 4.69) is 0 Å². The molecule has 3 nitrogen and oxygen atoms in total. The van der Waals surface area contributed by atoms with E-state index in [4.69, 9.17) is 27.9 Å². The molecule has 2 aromatic carbocycles. The molecule has 23 heavy (non-hydrogen) atoms. The van der Waals surface area contributed by atoms with Crippen LogP contribution >= 0.6 is 23.2 Å². The number of hydrogen-bond donors (Lipinski definition) is 0. The lowest BCUT2D eigenvalue weighted by atomic mass is 10.1. The van der Waals surface area contributed by atoms with Gasteiger partial charge in [-0.2, -0.15) is 0 Å². The number of carbonyl (C=O) groups excluding carboxylic acids is 1. The molecule has 0 saturated carbocycles. The average Bonchev–Trinajstić information content (AvgIpc) is 2.56. The van der Waals surface area contributed by atoms with Crippen molar-refractivity contribution in [3.63, 3.8) is 0 Å². The molecule has 1 amide bonds. The highest BCUT2D eigenvalue weighted by atomic mass is 35.5. The Morgan fingerprint density at radius 2 is 1.87 bits per heavy atom. The van der Waals surface area contributed by atoms with E-state index in [0.717, 1.165) is 16.9 Å². The quantitative estimate of drug-likeness (QED) is 0.761. The van der Waals surface area contributed by atoms with Crippen LogP contribution in [-0.4, -0.2) is 25.0 Å². The predicted octanol–water partition coefficient (Wildman–Crippen LogP) is 4.59. The maximum absolute atomic E-state index is 12.3. The second-order valence-electron chi connectivity index (χ2n) is 5.31. The smallest absolute Gasteiger partial charge is 0.222 e. The van der Waals surface area contributed by atoms with Crippen molar-refractivity contribution in [2.45, 2.75) is 19.4 Å². The Morgan fingerprint density at radius 3 is 2.57 bits per heavy atom. The predicted molar refractivity (Wildman–Crippen MR) is 94.3 cm³/mol. The summed E-state index contributed by atoms with van der Waals surface area (Å²) >= 11 is 11.9. The van der Waals surface area contributed by atoms with Crippen LogP contribution in [0, 0.1) is 0 Å². The van der Waals surface area contributed by atoms with Gasteiger partial charge in [-0.05, 0) is 30.2 Å². The summed E-state index contributed by atoms with van der Waals surface area (Å²) in [6.45, 7) is 0.518. The molecule has 2 aromatic rings. The van der Waals surface area contributed by atoms with Gasteiger partial charge in [-0.3, -0.25) is 4.79 Å². The molecule has 0 fully saturated rings. The molecular weight excluding hydrogens is 333 g/mol. The fourth-order valence-electron chi connectivity index (χ4n) is 2.31. The fourth-order valence-corrected chi connectivity index (χ4v) is 2.64. The van der Waals surface area contributed by atoms with E-state index in [9.17, 15) is 4.79 Å². The van der Waals surface area contributed by atoms with Crippen molar-refractivity contribution in [2.75, 3.05) is 14.2 Å². The van der Waals surface area contributed by atoms with Gasteiger partial charge in [0.25, 0.3) is 0 Å². The van der Waals surface area contributed by atoms with Crippen molar-refractivity contribution in [1.82, 2.24) is 4.90 Å². The molecule has 0 aliphatic rings. The summed E-state index contributed by atoms with van der Waals surface area (Å²) in [6, 6.07) is 13.1. The lowest BCUT2D eigenvalue weighted by Crippen LogP contribution is -2.26. The Morgan fingerprint density at radius 1 is 1.13 bits per heavy atom. The summed E-state index contributed by atoms with van der Waals surface area (Å²) in [5, 5.41) is 1.04. The van der Waals surface area contributed by atoms with Gasteiger partial charge < -0.3 is 9.64 Å². The molecule has 0 aliphatic heterocycles. The third-order valence-electron chi connectivity index (χ3n) is 3.64. The van der Waals surface area contributed by atoms with Gasteiger partial charge in [0.15, 0.2) is 0 Å². The topological polar surface area (TPSA) is 29.5 Å². The van der Waals surface area contributed by atoms with Gasteiger partial charge in [0.2, 0.25) is 5.91 Å². The summed E-state index contributed by atoms with van der Waals surface area (Å²) in [4.78, 5) is 14.0. The Balaban J connectivity index is 1.93. The number of methoxy groups -OCH3 is 1. The van der Waals surface area contributed by atoms with Gasteiger partial charge in [0, 0.05) is 25.6 Å². The lowest BCUT2D eigenvalue weighted by molar-refractivity contribution is -0.130.